The Balaban J connectivity index is 1.92. The maximum Gasteiger partial charge on any atom is 0.203 e. The fourth-order valence-electron chi connectivity index (χ4n) is 3.93. The van der Waals surface area contributed by atoms with E-state index in [9.17, 15) is 5.11 Å². The molecule has 0 aliphatic rings. The molecule has 1 aromatic heterocycles. The van der Waals surface area contributed by atoms with Gasteiger partial charge in [0, 0.05) is 11.1 Å². The van der Waals surface area contributed by atoms with Crippen LogP contribution >= 0.6 is 0 Å². The van der Waals surface area contributed by atoms with E-state index in [1.165, 1.54) is 5.56 Å². The van der Waals surface area contributed by atoms with Crippen molar-refractivity contribution in [3.8, 4) is 34.4 Å². The summed E-state index contributed by atoms with van der Waals surface area (Å²) < 4.78 is 18.7. The van der Waals surface area contributed by atoms with E-state index >= 15 is 0 Å². The second-order valence-corrected chi connectivity index (χ2v) is 7.97. The highest BCUT2D eigenvalue weighted by Crippen LogP contribution is 2.41. The quantitative estimate of drug-likeness (QED) is 0.411. The Labute approximate surface area is 188 Å². The number of benzene rings is 3. The number of aromatic nitrogens is 2. The third-order valence-corrected chi connectivity index (χ3v) is 5.68. The van der Waals surface area contributed by atoms with Gasteiger partial charge in [-0.25, -0.2) is 4.98 Å². The summed E-state index contributed by atoms with van der Waals surface area (Å²) in [4.78, 5) is 4.90. The topological polar surface area (TPSA) is 65.7 Å². The van der Waals surface area contributed by atoms with Crippen molar-refractivity contribution in [2.45, 2.75) is 26.3 Å². The van der Waals surface area contributed by atoms with Crippen molar-refractivity contribution in [1.82, 2.24) is 9.55 Å². The van der Waals surface area contributed by atoms with Crippen LogP contribution in [0.2, 0.25) is 0 Å². The lowest BCUT2D eigenvalue weighted by Crippen LogP contribution is -2.04. The number of phenolic OH excluding ortho intramolecular Hbond substituents is 1. The molecule has 4 aromatic rings. The predicted octanol–water partition coefficient (Wildman–Crippen LogP) is 5.61. The first-order valence-corrected chi connectivity index (χ1v) is 10.5. The second-order valence-electron chi connectivity index (χ2n) is 7.97. The summed E-state index contributed by atoms with van der Waals surface area (Å²) in [5.41, 5.74) is 4.70. The molecule has 1 heterocycles. The zero-order valence-corrected chi connectivity index (χ0v) is 19.0. The van der Waals surface area contributed by atoms with Crippen molar-refractivity contribution >= 4 is 11.0 Å². The first-order chi connectivity index (χ1) is 15.5. The van der Waals surface area contributed by atoms with Crippen molar-refractivity contribution in [2.75, 3.05) is 21.3 Å². The van der Waals surface area contributed by atoms with E-state index < -0.39 is 0 Å². The first kappa shape index (κ1) is 21.6. The van der Waals surface area contributed by atoms with Crippen LogP contribution in [0.5, 0.6) is 23.0 Å². The van der Waals surface area contributed by atoms with Gasteiger partial charge in [0.1, 0.15) is 11.6 Å². The number of imidazole rings is 1. The first-order valence-electron chi connectivity index (χ1n) is 10.5. The van der Waals surface area contributed by atoms with Gasteiger partial charge in [-0.05, 0) is 41.8 Å². The van der Waals surface area contributed by atoms with Crippen LogP contribution < -0.4 is 14.2 Å². The standard InChI is InChI=1S/C26H28N2O4/c1-16(2)17-10-11-22(29)19(12-17)15-28-21-9-7-6-8-20(21)27-26(28)18-13-23(30-3)25(32-5)24(14-18)31-4/h6-14,16,29H,15H2,1-5H3. The molecule has 0 radical (unpaired) electrons. The van der Waals surface area contributed by atoms with E-state index in [1.807, 2.05) is 42.5 Å². The van der Waals surface area contributed by atoms with E-state index in [1.54, 1.807) is 27.4 Å². The van der Waals surface area contributed by atoms with Gasteiger partial charge in [-0.3, -0.25) is 0 Å². The van der Waals surface area contributed by atoms with Gasteiger partial charge in [-0.15, -0.1) is 0 Å². The number of hydrogen-bond donors (Lipinski definition) is 1. The van der Waals surface area contributed by atoms with Crippen molar-refractivity contribution in [2.24, 2.45) is 0 Å². The number of rotatable bonds is 7. The van der Waals surface area contributed by atoms with Gasteiger partial charge in [-0.2, -0.15) is 0 Å². The minimum atomic E-state index is 0.267. The molecule has 0 amide bonds. The molecule has 0 aliphatic heterocycles. The minimum Gasteiger partial charge on any atom is -0.508 e. The van der Waals surface area contributed by atoms with Crippen LogP contribution in [-0.2, 0) is 6.54 Å². The Hall–Kier alpha value is -3.67. The predicted molar refractivity (Wildman–Crippen MR) is 126 cm³/mol. The molecule has 6 heteroatoms. The van der Waals surface area contributed by atoms with Gasteiger partial charge in [0.2, 0.25) is 5.75 Å². The van der Waals surface area contributed by atoms with E-state index in [2.05, 4.69) is 24.5 Å². The van der Waals surface area contributed by atoms with Gasteiger partial charge in [0.15, 0.2) is 11.5 Å². The lowest BCUT2D eigenvalue weighted by Gasteiger charge is -2.16. The van der Waals surface area contributed by atoms with Crippen LogP contribution in [-0.4, -0.2) is 36.0 Å². The number of aromatic hydroxyl groups is 1. The SMILES string of the molecule is COc1cc(-c2nc3ccccc3n2Cc2cc(C(C)C)ccc2O)cc(OC)c1OC. The molecule has 4 rings (SSSR count). The summed E-state index contributed by atoms with van der Waals surface area (Å²) in [6, 6.07) is 17.6. The third-order valence-electron chi connectivity index (χ3n) is 5.68. The Morgan fingerprint density at radius 1 is 0.906 bits per heavy atom. The van der Waals surface area contributed by atoms with Crippen LogP contribution in [0.15, 0.2) is 54.6 Å². The minimum absolute atomic E-state index is 0.267. The molecule has 0 atom stereocenters. The smallest absolute Gasteiger partial charge is 0.203 e. The molecule has 6 nitrogen and oxygen atoms in total. The van der Waals surface area contributed by atoms with Gasteiger partial charge < -0.3 is 23.9 Å². The summed E-state index contributed by atoms with van der Waals surface area (Å²) in [7, 11) is 4.78. The molecule has 0 unspecified atom stereocenters. The van der Waals surface area contributed by atoms with Gasteiger partial charge in [0.05, 0.1) is 38.9 Å². The number of nitrogens with zero attached hydrogens (tertiary/aromatic N) is 2. The van der Waals surface area contributed by atoms with Crippen molar-refractivity contribution < 1.29 is 19.3 Å². The molecule has 166 valence electrons. The summed E-state index contributed by atoms with van der Waals surface area (Å²) in [6.45, 7) is 4.76. The number of methoxy groups -OCH3 is 3. The normalized spacial score (nSPS) is 11.2. The van der Waals surface area contributed by atoms with Gasteiger partial charge in [-0.1, -0.05) is 38.1 Å². The average molecular weight is 433 g/mol. The number of ether oxygens (including phenoxy) is 3. The number of hydrogen-bond acceptors (Lipinski definition) is 5. The summed E-state index contributed by atoms with van der Waals surface area (Å²) in [5, 5.41) is 10.6. The van der Waals surface area contributed by atoms with Crippen molar-refractivity contribution in [1.29, 1.82) is 0 Å². The van der Waals surface area contributed by atoms with E-state index in [-0.39, 0.29) is 5.75 Å². The summed E-state index contributed by atoms with van der Waals surface area (Å²) in [6.07, 6.45) is 0. The Bertz CT molecular complexity index is 1240. The molecule has 3 aromatic carbocycles. The molecule has 0 saturated heterocycles. The van der Waals surface area contributed by atoms with Crippen molar-refractivity contribution in [3.05, 3.63) is 65.7 Å². The second kappa shape index (κ2) is 8.83. The summed E-state index contributed by atoms with van der Waals surface area (Å²) >= 11 is 0. The average Bonchev–Trinajstić information content (AvgIpc) is 3.17. The number of para-hydroxylation sites is 2. The molecule has 1 N–H and O–H groups in total. The number of fused-ring (bicyclic) bond motifs is 1. The number of phenols is 1. The van der Waals surface area contributed by atoms with E-state index in [0.29, 0.717) is 29.7 Å². The van der Waals surface area contributed by atoms with Crippen molar-refractivity contribution in [3.63, 3.8) is 0 Å². The maximum atomic E-state index is 10.6. The summed E-state index contributed by atoms with van der Waals surface area (Å²) in [5.74, 6) is 3.03. The van der Waals surface area contributed by atoms with Gasteiger partial charge in [0.25, 0.3) is 0 Å². The fourth-order valence-corrected chi connectivity index (χ4v) is 3.93. The van der Waals surface area contributed by atoms with Crippen LogP contribution in [0.4, 0.5) is 0 Å². The Morgan fingerprint density at radius 3 is 2.22 bits per heavy atom. The lowest BCUT2D eigenvalue weighted by molar-refractivity contribution is 0.324. The highest BCUT2D eigenvalue weighted by atomic mass is 16.5. The largest absolute Gasteiger partial charge is 0.508 e. The van der Waals surface area contributed by atoms with Crippen LogP contribution in [0, 0.1) is 0 Å². The zero-order chi connectivity index (χ0) is 22.8. The monoisotopic (exact) mass is 432 g/mol. The van der Waals surface area contributed by atoms with Gasteiger partial charge >= 0.3 is 0 Å². The zero-order valence-electron chi connectivity index (χ0n) is 19.0. The lowest BCUT2D eigenvalue weighted by atomic mass is 10.00. The molecule has 0 bridgehead atoms. The molecule has 0 saturated carbocycles. The Kier molecular flexibility index (Phi) is 5.95. The van der Waals surface area contributed by atoms with E-state index in [0.717, 1.165) is 28.0 Å². The molecule has 32 heavy (non-hydrogen) atoms. The van der Waals surface area contributed by atoms with Crippen LogP contribution in [0.25, 0.3) is 22.4 Å². The maximum absolute atomic E-state index is 10.6. The third kappa shape index (κ3) is 3.84. The highest BCUT2D eigenvalue weighted by molar-refractivity contribution is 5.82. The van der Waals surface area contributed by atoms with E-state index in [4.69, 9.17) is 19.2 Å². The fraction of sp³-hybridized carbons (Fsp3) is 0.269. The molecule has 0 fully saturated rings. The van der Waals surface area contributed by atoms with Crippen LogP contribution in [0.1, 0.15) is 30.9 Å². The highest BCUT2D eigenvalue weighted by Gasteiger charge is 2.20. The van der Waals surface area contributed by atoms with Crippen LogP contribution in [0.3, 0.4) is 0 Å². The molecule has 0 spiro atoms. The molecular weight excluding hydrogens is 404 g/mol. The molecule has 0 aliphatic carbocycles. The molecular formula is C26H28N2O4. The Morgan fingerprint density at radius 2 is 1.59 bits per heavy atom.